The third-order valence-corrected chi connectivity index (χ3v) is 2.23. The molecule has 0 atom stereocenters. The molecule has 0 aliphatic heterocycles. The van der Waals surface area contributed by atoms with Gasteiger partial charge in [0.1, 0.15) is 5.15 Å². The van der Waals surface area contributed by atoms with Crippen molar-refractivity contribution in [1.29, 1.82) is 5.26 Å². The lowest BCUT2D eigenvalue weighted by molar-refractivity contribution is 0.757. The number of rotatable bonds is 2. The normalized spacial score (nSPS) is 9.83. The summed E-state index contributed by atoms with van der Waals surface area (Å²) in [6.07, 6.45) is 1.18. The lowest BCUT2D eigenvalue weighted by Crippen LogP contribution is -1.89. The molecule has 0 aliphatic carbocycles. The van der Waals surface area contributed by atoms with Gasteiger partial charge in [0.25, 0.3) is 0 Å². The summed E-state index contributed by atoms with van der Waals surface area (Å²) in [5.41, 5.74) is 1.90. The molecule has 64 valence electrons. The Balaban J connectivity index is 2.91. The minimum Gasteiger partial charge on any atom is -0.257 e. The molecule has 3 nitrogen and oxygen atoms in total. The standard InChI is InChI=1S/C8H10ClN3/c1-6-7(4-3-5-10)8(9)12(2)11-6/h3-4H2,1-2H3. The smallest absolute Gasteiger partial charge is 0.130 e. The van der Waals surface area contributed by atoms with Crippen LogP contribution in [0.25, 0.3) is 0 Å². The monoisotopic (exact) mass is 183 g/mol. The van der Waals surface area contributed by atoms with Crippen LogP contribution in [0.5, 0.6) is 0 Å². The van der Waals surface area contributed by atoms with E-state index in [9.17, 15) is 0 Å². The van der Waals surface area contributed by atoms with E-state index in [0.29, 0.717) is 18.0 Å². The minimum atomic E-state index is 0.492. The molecule has 4 heteroatoms. The van der Waals surface area contributed by atoms with E-state index in [1.807, 2.05) is 6.92 Å². The minimum absolute atomic E-state index is 0.492. The number of hydrogen-bond acceptors (Lipinski definition) is 2. The van der Waals surface area contributed by atoms with Gasteiger partial charge in [0.15, 0.2) is 0 Å². The van der Waals surface area contributed by atoms with Crippen LogP contribution < -0.4 is 0 Å². The van der Waals surface area contributed by atoms with Gasteiger partial charge < -0.3 is 0 Å². The lowest BCUT2D eigenvalue weighted by Gasteiger charge is -1.94. The van der Waals surface area contributed by atoms with Crippen LogP contribution in [0.2, 0.25) is 5.15 Å². The topological polar surface area (TPSA) is 41.6 Å². The Labute approximate surface area is 76.6 Å². The second-order valence-corrected chi connectivity index (χ2v) is 2.99. The number of hydrogen-bond donors (Lipinski definition) is 0. The van der Waals surface area contributed by atoms with E-state index in [4.69, 9.17) is 16.9 Å². The lowest BCUT2D eigenvalue weighted by atomic mass is 10.1. The highest BCUT2D eigenvalue weighted by Gasteiger charge is 2.09. The van der Waals surface area contributed by atoms with Crippen LogP contribution in [0.1, 0.15) is 17.7 Å². The van der Waals surface area contributed by atoms with Crippen molar-refractivity contribution in [3.63, 3.8) is 0 Å². The van der Waals surface area contributed by atoms with E-state index in [0.717, 1.165) is 11.3 Å². The van der Waals surface area contributed by atoms with Crippen molar-refractivity contribution >= 4 is 11.6 Å². The van der Waals surface area contributed by atoms with Crippen LogP contribution >= 0.6 is 11.6 Å². The van der Waals surface area contributed by atoms with Crippen molar-refractivity contribution < 1.29 is 0 Å². The molecule has 1 aromatic heterocycles. The number of nitrogens with zero attached hydrogens (tertiary/aromatic N) is 3. The van der Waals surface area contributed by atoms with Gasteiger partial charge in [0, 0.05) is 19.0 Å². The van der Waals surface area contributed by atoms with Crippen LogP contribution in [0.3, 0.4) is 0 Å². The van der Waals surface area contributed by atoms with Crippen LogP contribution in [-0.2, 0) is 13.5 Å². The van der Waals surface area contributed by atoms with Gasteiger partial charge in [-0.25, -0.2) is 0 Å². The number of halogens is 1. The molecule has 0 unspecified atom stereocenters. The molecule has 0 aromatic carbocycles. The van der Waals surface area contributed by atoms with Crippen molar-refractivity contribution in [1.82, 2.24) is 9.78 Å². The van der Waals surface area contributed by atoms with Crippen molar-refractivity contribution in [2.24, 2.45) is 7.05 Å². The van der Waals surface area contributed by atoms with E-state index < -0.39 is 0 Å². The van der Waals surface area contributed by atoms with Gasteiger partial charge >= 0.3 is 0 Å². The predicted octanol–water partition coefficient (Wildman–Crippen LogP) is 1.84. The zero-order valence-corrected chi connectivity index (χ0v) is 7.89. The molecule has 0 spiro atoms. The first-order valence-corrected chi connectivity index (χ1v) is 4.09. The summed E-state index contributed by atoms with van der Waals surface area (Å²) in [5.74, 6) is 0. The van der Waals surface area contributed by atoms with Gasteiger partial charge in [-0.1, -0.05) is 11.6 Å². The summed E-state index contributed by atoms with van der Waals surface area (Å²) < 4.78 is 1.63. The van der Waals surface area contributed by atoms with Crippen LogP contribution in [0.4, 0.5) is 0 Å². The van der Waals surface area contributed by atoms with E-state index in [1.54, 1.807) is 11.7 Å². The fraction of sp³-hybridized carbons (Fsp3) is 0.500. The molecule has 0 bridgehead atoms. The van der Waals surface area contributed by atoms with Gasteiger partial charge in [-0.3, -0.25) is 4.68 Å². The van der Waals surface area contributed by atoms with Crippen molar-refractivity contribution in [2.75, 3.05) is 0 Å². The van der Waals surface area contributed by atoms with E-state index in [-0.39, 0.29) is 0 Å². The summed E-state index contributed by atoms with van der Waals surface area (Å²) in [7, 11) is 1.80. The van der Waals surface area contributed by atoms with E-state index in [2.05, 4.69) is 11.2 Å². The Hall–Kier alpha value is -1.01. The van der Waals surface area contributed by atoms with Crippen LogP contribution in [0.15, 0.2) is 0 Å². The SMILES string of the molecule is Cc1nn(C)c(Cl)c1CCC#N. The molecule has 0 saturated heterocycles. The highest BCUT2D eigenvalue weighted by molar-refractivity contribution is 6.30. The highest BCUT2D eigenvalue weighted by Crippen LogP contribution is 2.19. The van der Waals surface area contributed by atoms with Crippen LogP contribution in [-0.4, -0.2) is 9.78 Å². The third-order valence-electron chi connectivity index (χ3n) is 1.76. The maximum atomic E-state index is 8.40. The first-order valence-electron chi connectivity index (χ1n) is 3.71. The van der Waals surface area contributed by atoms with Gasteiger partial charge in [-0.2, -0.15) is 10.4 Å². The van der Waals surface area contributed by atoms with Gasteiger partial charge in [-0.05, 0) is 13.3 Å². The van der Waals surface area contributed by atoms with Gasteiger partial charge in [-0.15, -0.1) is 0 Å². The molecular weight excluding hydrogens is 174 g/mol. The summed E-state index contributed by atoms with van der Waals surface area (Å²) >= 11 is 5.94. The quantitative estimate of drug-likeness (QED) is 0.702. The molecule has 1 aromatic rings. The molecule has 12 heavy (non-hydrogen) atoms. The summed E-state index contributed by atoms with van der Waals surface area (Å²) in [6.45, 7) is 1.90. The van der Waals surface area contributed by atoms with Crippen molar-refractivity contribution in [3.05, 3.63) is 16.4 Å². The molecule has 1 heterocycles. The first kappa shape index (κ1) is 9.08. The van der Waals surface area contributed by atoms with Gasteiger partial charge in [0.05, 0.1) is 11.8 Å². The Morgan fingerprint density at radius 2 is 2.33 bits per heavy atom. The molecule has 0 amide bonds. The molecule has 0 saturated carbocycles. The largest absolute Gasteiger partial charge is 0.257 e. The zero-order valence-electron chi connectivity index (χ0n) is 7.13. The highest BCUT2D eigenvalue weighted by atomic mass is 35.5. The number of nitriles is 1. The fourth-order valence-corrected chi connectivity index (χ4v) is 1.41. The number of aromatic nitrogens is 2. The molecular formula is C8H10ClN3. The summed E-state index contributed by atoms with van der Waals surface area (Å²) in [5, 5.41) is 13.2. The predicted molar refractivity (Wildman–Crippen MR) is 46.9 cm³/mol. The second-order valence-electron chi connectivity index (χ2n) is 2.64. The average molecular weight is 184 g/mol. The van der Waals surface area contributed by atoms with Gasteiger partial charge in [0.2, 0.25) is 0 Å². The van der Waals surface area contributed by atoms with Crippen molar-refractivity contribution in [3.8, 4) is 6.07 Å². The average Bonchev–Trinajstić information content (AvgIpc) is 2.25. The zero-order chi connectivity index (χ0) is 9.14. The maximum Gasteiger partial charge on any atom is 0.130 e. The Kier molecular flexibility index (Phi) is 2.72. The second kappa shape index (κ2) is 3.59. The summed E-state index contributed by atoms with van der Waals surface area (Å²) in [4.78, 5) is 0. The molecule has 0 aliphatic rings. The van der Waals surface area contributed by atoms with Crippen molar-refractivity contribution in [2.45, 2.75) is 19.8 Å². The van der Waals surface area contributed by atoms with E-state index >= 15 is 0 Å². The molecule has 0 radical (unpaired) electrons. The molecule has 1 rings (SSSR count). The summed E-state index contributed by atoms with van der Waals surface area (Å²) in [6, 6.07) is 2.08. The maximum absolute atomic E-state index is 8.40. The third kappa shape index (κ3) is 1.59. The molecule has 0 N–H and O–H groups in total. The Bertz CT molecular complexity index is 322. The fourth-order valence-electron chi connectivity index (χ4n) is 1.14. The number of aryl methyl sites for hydroxylation is 2. The Morgan fingerprint density at radius 1 is 1.67 bits per heavy atom. The van der Waals surface area contributed by atoms with E-state index in [1.165, 1.54) is 0 Å². The first-order chi connectivity index (χ1) is 5.66. The van der Waals surface area contributed by atoms with Crippen LogP contribution in [0, 0.1) is 18.3 Å². The Morgan fingerprint density at radius 3 is 2.75 bits per heavy atom. The molecule has 0 fully saturated rings.